The molecule has 0 spiro atoms. The van der Waals surface area contributed by atoms with Crippen LogP contribution < -0.4 is 16.1 Å². The summed E-state index contributed by atoms with van der Waals surface area (Å²) >= 11 is 5.98. The van der Waals surface area contributed by atoms with E-state index in [1.54, 1.807) is 0 Å². The minimum atomic E-state index is -4.06. The fraction of sp³-hybridized carbons (Fsp3) is 0.0833. The third kappa shape index (κ3) is 2.97. The minimum Gasteiger partial charge on any atom is -0.319 e. The SMILES string of the molecule is Cn1nnc2c(C(=O)Nc3cccc(S(N)(=O)=O)c3Cl)ncn2c1=O. The quantitative estimate of drug-likeness (QED) is 0.610. The molecule has 0 aliphatic rings. The summed E-state index contributed by atoms with van der Waals surface area (Å²) in [6.07, 6.45) is 1.13. The van der Waals surface area contributed by atoms with Crippen LogP contribution >= 0.6 is 11.6 Å². The molecule has 0 bridgehead atoms. The molecule has 0 saturated heterocycles. The molecule has 25 heavy (non-hydrogen) atoms. The Morgan fingerprint density at radius 3 is 2.76 bits per heavy atom. The number of nitrogens with zero attached hydrogens (tertiary/aromatic N) is 5. The number of fused-ring (bicyclic) bond motifs is 1. The summed E-state index contributed by atoms with van der Waals surface area (Å²) in [6, 6.07) is 3.95. The number of rotatable bonds is 3. The molecule has 2 heterocycles. The Bertz CT molecular complexity index is 1170. The highest BCUT2D eigenvalue weighted by Gasteiger charge is 2.21. The number of benzene rings is 1. The van der Waals surface area contributed by atoms with Crippen LogP contribution in [-0.2, 0) is 17.1 Å². The van der Waals surface area contributed by atoms with Crippen molar-refractivity contribution >= 4 is 38.9 Å². The Labute approximate surface area is 145 Å². The molecule has 2 aromatic heterocycles. The van der Waals surface area contributed by atoms with Gasteiger partial charge in [-0.05, 0) is 12.1 Å². The molecule has 0 aliphatic carbocycles. The van der Waals surface area contributed by atoms with E-state index in [2.05, 4.69) is 20.6 Å². The lowest BCUT2D eigenvalue weighted by Crippen LogP contribution is -2.27. The first-order valence-corrected chi connectivity index (χ1v) is 8.52. The molecule has 0 saturated carbocycles. The Balaban J connectivity index is 2.02. The summed E-state index contributed by atoms with van der Waals surface area (Å²) in [5, 5.41) is 14.6. The molecule has 1 aromatic carbocycles. The number of primary sulfonamides is 1. The van der Waals surface area contributed by atoms with Gasteiger partial charge in [0, 0.05) is 7.05 Å². The average Bonchev–Trinajstić information content (AvgIpc) is 2.96. The summed E-state index contributed by atoms with van der Waals surface area (Å²) in [5.41, 5.74) is -0.761. The van der Waals surface area contributed by atoms with Gasteiger partial charge in [0.15, 0.2) is 11.3 Å². The van der Waals surface area contributed by atoms with Crippen LogP contribution in [0.25, 0.3) is 5.65 Å². The smallest absolute Gasteiger partial charge is 0.319 e. The first kappa shape index (κ1) is 17.0. The largest absolute Gasteiger partial charge is 0.352 e. The van der Waals surface area contributed by atoms with E-state index in [9.17, 15) is 18.0 Å². The molecule has 0 atom stereocenters. The normalized spacial score (nSPS) is 11.6. The van der Waals surface area contributed by atoms with Gasteiger partial charge in [0.25, 0.3) is 5.91 Å². The number of nitrogens with two attached hydrogens (primary N) is 1. The molecule has 3 rings (SSSR count). The molecule has 11 nitrogen and oxygen atoms in total. The first-order chi connectivity index (χ1) is 11.7. The predicted octanol–water partition coefficient (Wildman–Crippen LogP) is -0.624. The van der Waals surface area contributed by atoms with E-state index in [-0.39, 0.29) is 26.9 Å². The Morgan fingerprint density at radius 1 is 1.36 bits per heavy atom. The monoisotopic (exact) mass is 383 g/mol. The van der Waals surface area contributed by atoms with Crippen molar-refractivity contribution in [2.45, 2.75) is 4.90 Å². The molecule has 0 unspecified atom stereocenters. The second-order valence-electron chi connectivity index (χ2n) is 4.90. The van der Waals surface area contributed by atoms with Crippen molar-refractivity contribution in [3.8, 4) is 0 Å². The second kappa shape index (κ2) is 5.91. The van der Waals surface area contributed by atoms with E-state index in [1.807, 2.05) is 0 Å². The van der Waals surface area contributed by atoms with Crippen molar-refractivity contribution in [3.63, 3.8) is 0 Å². The number of anilines is 1. The van der Waals surface area contributed by atoms with Gasteiger partial charge in [-0.15, -0.1) is 5.10 Å². The highest BCUT2D eigenvalue weighted by atomic mass is 35.5. The molecular formula is C12H10ClN7O4S. The van der Waals surface area contributed by atoms with E-state index in [4.69, 9.17) is 16.7 Å². The number of nitrogens with one attached hydrogen (secondary N) is 1. The van der Waals surface area contributed by atoms with Crippen LogP contribution in [0.1, 0.15) is 10.5 Å². The number of carbonyl (C=O) groups excluding carboxylic acids is 1. The zero-order valence-corrected chi connectivity index (χ0v) is 14.1. The van der Waals surface area contributed by atoms with Gasteiger partial charge < -0.3 is 5.32 Å². The zero-order chi connectivity index (χ0) is 18.4. The van der Waals surface area contributed by atoms with E-state index in [0.29, 0.717) is 0 Å². The lowest BCUT2D eigenvalue weighted by atomic mass is 10.3. The summed E-state index contributed by atoms with van der Waals surface area (Å²) in [4.78, 5) is 27.8. The van der Waals surface area contributed by atoms with Crippen LogP contribution in [0, 0.1) is 0 Å². The fourth-order valence-electron chi connectivity index (χ4n) is 2.05. The van der Waals surface area contributed by atoms with Crippen LogP contribution in [0.4, 0.5) is 5.69 Å². The number of halogens is 1. The Hall–Kier alpha value is -2.83. The van der Waals surface area contributed by atoms with Crippen LogP contribution in [-0.4, -0.2) is 38.7 Å². The molecule has 130 valence electrons. The first-order valence-electron chi connectivity index (χ1n) is 6.60. The summed E-state index contributed by atoms with van der Waals surface area (Å²) < 4.78 is 25.0. The van der Waals surface area contributed by atoms with Crippen LogP contribution in [0.2, 0.25) is 5.02 Å². The topological polar surface area (TPSA) is 154 Å². The number of aryl methyl sites for hydroxylation is 1. The standard InChI is InChI=1S/C12H10ClN7O4S/c1-19-12(22)20-5-15-9(10(20)17-18-19)11(21)16-6-3-2-4-7(8(6)13)25(14,23)24/h2-5H,1H3,(H,16,21)(H2,14,23,24). The summed E-state index contributed by atoms with van der Waals surface area (Å²) in [6.45, 7) is 0. The van der Waals surface area contributed by atoms with Gasteiger partial charge in [-0.3, -0.25) is 4.79 Å². The van der Waals surface area contributed by atoms with Crippen molar-refractivity contribution in [2.75, 3.05) is 5.32 Å². The van der Waals surface area contributed by atoms with E-state index in [1.165, 1.54) is 25.2 Å². The van der Waals surface area contributed by atoms with E-state index < -0.39 is 21.6 Å². The maximum atomic E-state index is 12.4. The second-order valence-corrected chi connectivity index (χ2v) is 6.81. The third-order valence-electron chi connectivity index (χ3n) is 3.23. The predicted molar refractivity (Wildman–Crippen MR) is 86.8 cm³/mol. The lowest BCUT2D eigenvalue weighted by Gasteiger charge is -2.09. The molecule has 13 heteroatoms. The minimum absolute atomic E-state index is 0.0103. The van der Waals surface area contributed by atoms with Crippen molar-refractivity contribution in [1.82, 2.24) is 24.4 Å². The van der Waals surface area contributed by atoms with Crippen LogP contribution in [0.5, 0.6) is 0 Å². The number of aromatic nitrogens is 5. The van der Waals surface area contributed by atoms with Gasteiger partial charge in [-0.1, -0.05) is 22.9 Å². The highest BCUT2D eigenvalue weighted by molar-refractivity contribution is 7.89. The molecule has 3 aromatic rings. The molecule has 0 radical (unpaired) electrons. The number of hydrogen-bond donors (Lipinski definition) is 2. The van der Waals surface area contributed by atoms with E-state index in [0.717, 1.165) is 15.4 Å². The van der Waals surface area contributed by atoms with Gasteiger partial charge in [-0.2, -0.15) is 4.68 Å². The lowest BCUT2D eigenvalue weighted by molar-refractivity contribution is 0.102. The van der Waals surface area contributed by atoms with Gasteiger partial charge in [0.2, 0.25) is 10.0 Å². The molecule has 1 amide bonds. The third-order valence-corrected chi connectivity index (χ3v) is 4.70. The number of hydrogen-bond acceptors (Lipinski definition) is 7. The molecule has 0 fully saturated rings. The van der Waals surface area contributed by atoms with E-state index >= 15 is 0 Å². The molecule has 3 N–H and O–H groups in total. The number of amides is 1. The van der Waals surface area contributed by atoms with Crippen molar-refractivity contribution in [3.05, 3.63) is 45.7 Å². The maximum Gasteiger partial charge on any atom is 0.352 e. The van der Waals surface area contributed by atoms with Crippen molar-refractivity contribution < 1.29 is 13.2 Å². The van der Waals surface area contributed by atoms with Gasteiger partial charge in [-0.25, -0.2) is 27.7 Å². The van der Waals surface area contributed by atoms with Crippen LogP contribution in [0.3, 0.4) is 0 Å². The van der Waals surface area contributed by atoms with Crippen molar-refractivity contribution in [1.29, 1.82) is 0 Å². The van der Waals surface area contributed by atoms with Gasteiger partial charge in [0.1, 0.15) is 11.2 Å². The number of carbonyl (C=O) groups is 1. The maximum absolute atomic E-state index is 12.4. The average molecular weight is 384 g/mol. The summed E-state index contributed by atoms with van der Waals surface area (Å²) in [7, 11) is -2.66. The number of sulfonamides is 1. The highest BCUT2D eigenvalue weighted by Crippen LogP contribution is 2.28. The molecular weight excluding hydrogens is 374 g/mol. The van der Waals surface area contributed by atoms with Crippen LogP contribution in [0.15, 0.2) is 34.2 Å². The molecule has 0 aliphatic heterocycles. The van der Waals surface area contributed by atoms with Gasteiger partial charge in [0.05, 0.1) is 10.7 Å². The Morgan fingerprint density at radius 2 is 2.08 bits per heavy atom. The summed E-state index contributed by atoms with van der Waals surface area (Å²) in [5.74, 6) is -0.751. The zero-order valence-electron chi connectivity index (χ0n) is 12.5. The van der Waals surface area contributed by atoms with Crippen molar-refractivity contribution in [2.24, 2.45) is 12.2 Å². The van der Waals surface area contributed by atoms with Gasteiger partial charge >= 0.3 is 5.69 Å². The Kier molecular flexibility index (Phi) is 4.02. The number of imidazole rings is 1. The fourth-order valence-corrected chi connectivity index (χ4v) is 3.17.